The standard InChI is InChI=1S/C10H9NO2S/c1-13-10(12)7-5-9-6(2-3-14-9)4-8(7)11/h2-5H,11H2,1H3. The van der Waals surface area contributed by atoms with Crippen molar-refractivity contribution in [2.24, 2.45) is 0 Å². The number of ether oxygens (including phenoxy) is 1. The Bertz CT molecular complexity index is 490. The zero-order chi connectivity index (χ0) is 10.1. The number of anilines is 1. The van der Waals surface area contributed by atoms with Crippen LogP contribution in [-0.4, -0.2) is 13.1 Å². The summed E-state index contributed by atoms with van der Waals surface area (Å²) < 4.78 is 5.67. The van der Waals surface area contributed by atoms with E-state index in [2.05, 4.69) is 4.74 Å². The molecular formula is C10H9NO2S. The van der Waals surface area contributed by atoms with Crippen LogP contribution in [0.3, 0.4) is 0 Å². The second kappa shape index (κ2) is 3.31. The van der Waals surface area contributed by atoms with Crippen molar-refractivity contribution in [3.63, 3.8) is 0 Å². The maximum Gasteiger partial charge on any atom is 0.340 e. The summed E-state index contributed by atoms with van der Waals surface area (Å²) in [6.45, 7) is 0. The van der Waals surface area contributed by atoms with Crippen LogP contribution in [0.15, 0.2) is 23.6 Å². The summed E-state index contributed by atoms with van der Waals surface area (Å²) >= 11 is 1.57. The SMILES string of the molecule is COC(=O)c1cc2sccc2cc1N. The third-order valence-electron chi connectivity index (χ3n) is 2.03. The molecule has 4 heteroatoms. The van der Waals surface area contributed by atoms with Gasteiger partial charge in [-0.25, -0.2) is 4.79 Å². The van der Waals surface area contributed by atoms with Crippen LogP contribution in [0.4, 0.5) is 5.69 Å². The third kappa shape index (κ3) is 1.33. The minimum Gasteiger partial charge on any atom is -0.465 e. The van der Waals surface area contributed by atoms with Gasteiger partial charge in [0.2, 0.25) is 0 Å². The van der Waals surface area contributed by atoms with Gasteiger partial charge in [-0.3, -0.25) is 0 Å². The molecule has 0 atom stereocenters. The molecule has 0 aliphatic carbocycles. The van der Waals surface area contributed by atoms with Crippen molar-refractivity contribution in [2.45, 2.75) is 0 Å². The molecule has 0 radical (unpaired) electrons. The van der Waals surface area contributed by atoms with E-state index >= 15 is 0 Å². The van der Waals surface area contributed by atoms with Crippen molar-refractivity contribution < 1.29 is 9.53 Å². The normalized spacial score (nSPS) is 10.4. The molecule has 14 heavy (non-hydrogen) atoms. The number of carbonyl (C=O) groups excluding carboxylic acids is 1. The first-order valence-electron chi connectivity index (χ1n) is 4.07. The summed E-state index contributed by atoms with van der Waals surface area (Å²) in [5, 5.41) is 3.02. The third-order valence-corrected chi connectivity index (χ3v) is 2.91. The smallest absolute Gasteiger partial charge is 0.340 e. The van der Waals surface area contributed by atoms with E-state index in [-0.39, 0.29) is 0 Å². The lowest BCUT2D eigenvalue weighted by Gasteiger charge is -2.03. The van der Waals surface area contributed by atoms with Crippen molar-refractivity contribution in [3.8, 4) is 0 Å². The van der Waals surface area contributed by atoms with E-state index in [0.717, 1.165) is 10.1 Å². The maximum atomic E-state index is 11.3. The molecule has 1 aromatic carbocycles. The molecule has 0 fully saturated rings. The Kier molecular flexibility index (Phi) is 2.13. The van der Waals surface area contributed by atoms with Crippen LogP contribution in [0.1, 0.15) is 10.4 Å². The van der Waals surface area contributed by atoms with Gasteiger partial charge in [-0.05, 0) is 29.0 Å². The number of rotatable bonds is 1. The zero-order valence-electron chi connectivity index (χ0n) is 7.61. The van der Waals surface area contributed by atoms with Crippen LogP contribution in [0.5, 0.6) is 0 Å². The van der Waals surface area contributed by atoms with E-state index in [9.17, 15) is 4.79 Å². The van der Waals surface area contributed by atoms with Gasteiger partial charge in [-0.2, -0.15) is 0 Å². The maximum absolute atomic E-state index is 11.3. The number of hydrogen-bond donors (Lipinski definition) is 1. The Morgan fingerprint density at radius 2 is 2.29 bits per heavy atom. The van der Waals surface area contributed by atoms with Crippen molar-refractivity contribution in [1.29, 1.82) is 0 Å². The quantitative estimate of drug-likeness (QED) is 0.576. The molecule has 0 aliphatic rings. The first kappa shape index (κ1) is 9.02. The van der Waals surface area contributed by atoms with Crippen molar-refractivity contribution in [3.05, 3.63) is 29.1 Å². The number of benzene rings is 1. The lowest BCUT2D eigenvalue weighted by atomic mass is 10.1. The fraction of sp³-hybridized carbons (Fsp3) is 0.100. The molecule has 0 saturated heterocycles. The minimum absolute atomic E-state index is 0.391. The molecule has 0 bridgehead atoms. The fourth-order valence-corrected chi connectivity index (χ4v) is 2.12. The van der Waals surface area contributed by atoms with Crippen molar-refractivity contribution >= 4 is 33.1 Å². The van der Waals surface area contributed by atoms with Gasteiger partial charge >= 0.3 is 5.97 Å². The molecule has 1 heterocycles. The fourth-order valence-electron chi connectivity index (χ4n) is 1.31. The molecule has 0 unspecified atom stereocenters. The van der Waals surface area contributed by atoms with Gasteiger partial charge in [0, 0.05) is 10.4 Å². The van der Waals surface area contributed by atoms with Gasteiger partial charge in [0.25, 0.3) is 0 Å². The molecule has 0 amide bonds. The largest absolute Gasteiger partial charge is 0.465 e. The lowest BCUT2D eigenvalue weighted by Crippen LogP contribution is -2.04. The highest BCUT2D eigenvalue weighted by molar-refractivity contribution is 7.17. The number of nitrogen functional groups attached to an aromatic ring is 1. The highest BCUT2D eigenvalue weighted by Gasteiger charge is 2.11. The highest BCUT2D eigenvalue weighted by Crippen LogP contribution is 2.26. The van der Waals surface area contributed by atoms with E-state index in [1.807, 2.05) is 11.4 Å². The van der Waals surface area contributed by atoms with Gasteiger partial charge in [-0.15, -0.1) is 11.3 Å². The molecule has 3 nitrogen and oxygen atoms in total. The van der Waals surface area contributed by atoms with E-state index in [1.54, 1.807) is 23.5 Å². The van der Waals surface area contributed by atoms with Gasteiger partial charge in [0.05, 0.1) is 12.7 Å². The number of esters is 1. The van der Waals surface area contributed by atoms with Crippen LogP contribution in [-0.2, 0) is 4.74 Å². The van der Waals surface area contributed by atoms with Gasteiger partial charge < -0.3 is 10.5 Å². The van der Waals surface area contributed by atoms with E-state index < -0.39 is 5.97 Å². The number of methoxy groups -OCH3 is 1. The monoisotopic (exact) mass is 207 g/mol. The highest BCUT2D eigenvalue weighted by atomic mass is 32.1. The van der Waals surface area contributed by atoms with Gasteiger partial charge in [0.1, 0.15) is 0 Å². The van der Waals surface area contributed by atoms with Crippen LogP contribution in [0.2, 0.25) is 0 Å². The second-order valence-electron chi connectivity index (χ2n) is 2.89. The Labute approximate surface area is 85.1 Å². The summed E-state index contributed by atoms with van der Waals surface area (Å²) in [5.41, 5.74) is 6.62. The average molecular weight is 207 g/mol. The number of carbonyl (C=O) groups is 1. The summed E-state index contributed by atoms with van der Waals surface area (Å²) in [5.74, 6) is -0.391. The molecular weight excluding hydrogens is 198 g/mol. The number of thiophene rings is 1. The number of nitrogens with two attached hydrogens (primary N) is 1. The van der Waals surface area contributed by atoms with Crippen LogP contribution < -0.4 is 5.73 Å². The molecule has 2 N–H and O–H groups in total. The Hall–Kier alpha value is -1.55. The van der Waals surface area contributed by atoms with Gasteiger partial charge in [-0.1, -0.05) is 0 Å². The Morgan fingerprint density at radius 3 is 3.00 bits per heavy atom. The molecule has 1 aromatic heterocycles. The predicted molar refractivity (Wildman–Crippen MR) is 57.6 cm³/mol. The van der Waals surface area contributed by atoms with E-state index in [0.29, 0.717) is 11.3 Å². The summed E-state index contributed by atoms with van der Waals surface area (Å²) in [6.07, 6.45) is 0. The first-order chi connectivity index (χ1) is 6.72. The molecule has 2 rings (SSSR count). The zero-order valence-corrected chi connectivity index (χ0v) is 8.43. The molecule has 0 saturated carbocycles. The van der Waals surface area contributed by atoms with Gasteiger partial charge in [0.15, 0.2) is 0 Å². The van der Waals surface area contributed by atoms with Crippen LogP contribution in [0.25, 0.3) is 10.1 Å². The van der Waals surface area contributed by atoms with E-state index in [4.69, 9.17) is 5.73 Å². The Balaban J connectivity index is 2.64. The summed E-state index contributed by atoms with van der Waals surface area (Å²) in [7, 11) is 1.35. The molecule has 0 spiro atoms. The van der Waals surface area contributed by atoms with Crippen molar-refractivity contribution in [2.75, 3.05) is 12.8 Å². The predicted octanol–water partition coefficient (Wildman–Crippen LogP) is 2.27. The molecule has 0 aliphatic heterocycles. The summed E-state index contributed by atoms with van der Waals surface area (Å²) in [6, 6.07) is 5.52. The van der Waals surface area contributed by atoms with Crippen LogP contribution in [0, 0.1) is 0 Å². The Morgan fingerprint density at radius 1 is 1.50 bits per heavy atom. The number of fused-ring (bicyclic) bond motifs is 1. The number of hydrogen-bond acceptors (Lipinski definition) is 4. The first-order valence-corrected chi connectivity index (χ1v) is 4.95. The van der Waals surface area contributed by atoms with Crippen LogP contribution >= 0.6 is 11.3 Å². The van der Waals surface area contributed by atoms with Crippen molar-refractivity contribution in [1.82, 2.24) is 0 Å². The topological polar surface area (TPSA) is 52.3 Å². The molecule has 2 aromatic rings. The average Bonchev–Trinajstić information content (AvgIpc) is 2.62. The lowest BCUT2D eigenvalue weighted by molar-refractivity contribution is 0.0602. The molecule has 72 valence electrons. The minimum atomic E-state index is -0.391. The van der Waals surface area contributed by atoms with E-state index in [1.165, 1.54) is 7.11 Å². The second-order valence-corrected chi connectivity index (χ2v) is 3.84. The summed E-state index contributed by atoms with van der Waals surface area (Å²) in [4.78, 5) is 11.3.